The monoisotopic (exact) mass is 531 g/mol. The first kappa shape index (κ1) is 25.7. The molecule has 1 fully saturated rings. The summed E-state index contributed by atoms with van der Waals surface area (Å²) in [5.41, 5.74) is 2.31. The van der Waals surface area contributed by atoms with Crippen LogP contribution in [0.4, 0.5) is 0 Å². The quantitative estimate of drug-likeness (QED) is 0.354. The number of pyridine rings is 2. The number of amides is 1. The van der Waals surface area contributed by atoms with Gasteiger partial charge in [0, 0.05) is 34.3 Å². The van der Waals surface area contributed by atoms with Gasteiger partial charge >= 0.3 is 0 Å². The molecule has 0 saturated heterocycles. The molecule has 0 unspecified atom stereocenters. The van der Waals surface area contributed by atoms with E-state index in [-0.39, 0.29) is 10.8 Å². The van der Waals surface area contributed by atoms with Gasteiger partial charge < -0.3 is 9.47 Å². The van der Waals surface area contributed by atoms with Crippen LogP contribution in [0.25, 0.3) is 10.9 Å². The molecule has 2 aromatic carbocycles. The van der Waals surface area contributed by atoms with Crippen LogP contribution >= 0.6 is 0 Å². The van der Waals surface area contributed by atoms with Crippen molar-refractivity contribution in [2.24, 2.45) is 0 Å². The Morgan fingerprint density at radius 3 is 2.61 bits per heavy atom. The Kier molecular flexibility index (Phi) is 6.56. The normalized spacial score (nSPS) is 18.7. The van der Waals surface area contributed by atoms with Gasteiger partial charge in [-0.15, -0.1) is 0 Å². The van der Waals surface area contributed by atoms with Crippen molar-refractivity contribution in [3.63, 3.8) is 0 Å². The summed E-state index contributed by atoms with van der Waals surface area (Å²) in [5, 5.41) is 0.444. The van der Waals surface area contributed by atoms with Crippen LogP contribution in [-0.4, -0.2) is 38.0 Å². The zero-order chi connectivity index (χ0) is 27.1. The molecular weight excluding hydrogens is 502 g/mol. The second-order valence-electron chi connectivity index (χ2n) is 9.48. The number of methoxy groups -OCH3 is 1. The minimum Gasteiger partial charge on any atom is -0.496 e. The van der Waals surface area contributed by atoms with E-state index >= 15 is 0 Å². The van der Waals surface area contributed by atoms with Crippen LogP contribution in [0.15, 0.2) is 71.6 Å². The minimum absolute atomic E-state index is 0.00382. The average Bonchev–Trinajstić information content (AvgIpc) is 3.65. The number of benzene rings is 2. The van der Waals surface area contributed by atoms with Crippen LogP contribution in [0.3, 0.4) is 0 Å². The highest BCUT2D eigenvalue weighted by Crippen LogP contribution is 2.62. The van der Waals surface area contributed by atoms with Crippen molar-refractivity contribution in [2.45, 2.75) is 43.4 Å². The van der Waals surface area contributed by atoms with Gasteiger partial charge in [-0.2, -0.15) is 0 Å². The van der Waals surface area contributed by atoms with Crippen LogP contribution in [0.5, 0.6) is 11.6 Å². The smallest absolute Gasteiger partial charge is 0.264 e. The maximum absolute atomic E-state index is 14.1. The lowest BCUT2D eigenvalue weighted by atomic mass is 9.89. The number of rotatable bonds is 8. The van der Waals surface area contributed by atoms with Crippen molar-refractivity contribution in [1.29, 1.82) is 0 Å². The van der Waals surface area contributed by atoms with Gasteiger partial charge in [0.15, 0.2) is 0 Å². The fraction of sp³-hybridized carbons (Fsp3) is 0.276. The largest absolute Gasteiger partial charge is 0.496 e. The van der Waals surface area contributed by atoms with Crippen molar-refractivity contribution in [3.05, 3.63) is 89.2 Å². The van der Waals surface area contributed by atoms with Crippen LogP contribution in [-0.2, 0) is 20.2 Å². The number of carbonyl (C=O) groups is 1. The Balaban J connectivity index is 1.59. The molecular formula is C29H29N3O5S. The molecule has 1 amide bonds. The lowest BCUT2D eigenvalue weighted by Crippen LogP contribution is -2.40. The van der Waals surface area contributed by atoms with E-state index in [4.69, 9.17) is 9.47 Å². The van der Waals surface area contributed by atoms with Crippen molar-refractivity contribution in [1.82, 2.24) is 14.7 Å². The molecule has 2 heterocycles. The Morgan fingerprint density at radius 1 is 1.05 bits per heavy atom. The van der Waals surface area contributed by atoms with E-state index in [1.807, 2.05) is 45.0 Å². The molecule has 4 aromatic rings. The molecule has 1 aliphatic rings. The molecule has 9 heteroatoms. The van der Waals surface area contributed by atoms with E-state index in [2.05, 4.69) is 14.7 Å². The molecule has 2 atom stereocenters. The molecule has 38 heavy (non-hydrogen) atoms. The van der Waals surface area contributed by atoms with Crippen molar-refractivity contribution in [2.75, 3.05) is 13.7 Å². The molecule has 0 aliphatic heterocycles. The first-order valence-electron chi connectivity index (χ1n) is 12.4. The third-order valence-electron chi connectivity index (χ3n) is 6.94. The Bertz CT molecular complexity index is 1650. The Hall–Kier alpha value is -3.98. The predicted octanol–water partition coefficient (Wildman–Crippen LogP) is 4.58. The number of nitrogens with one attached hydrogen (secondary N) is 1. The second-order valence-corrected chi connectivity index (χ2v) is 11.1. The van der Waals surface area contributed by atoms with Gasteiger partial charge in [-0.25, -0.2) is 18.1 Å². The molecule has 0 bridgehead atoms. The molecule has 1 aliphatic carbocycles. The molecule has 5 rings (SSSR count). The number of fused-ring (bicyclic) bond motifs is 1. The van der Waals surface area contributed by atoms with E-state index in [0.29, 0.717) is 46.8 Å². The van der Waals surface area contributed by atoms with Crippen LogP contribution in [0, 0.1) is 13.8 Å². The Labute approximate surface area is 222 Å². The lowest BCUT2D eigenvalue weighted by molar-refractivity contribution is -0.122. The summed E-state index contributed by atoms with van der Waals surface area (Å²) in [7, 11) is -2.69. The van der Waals surface area contributed by atoms with Crippen LogP contribution in [0.2, 0.25) is 0 Å². The Morgan fingerprint density at radius 2 is 1.84 bits per heavy atom. The molecule has 2 aromatic heterocycles. The van der Waals surface area contributed by atoms with Gasteiger partial charge in [0.05, 0.1) is 29.5 Å². The van der Waals surface area contributed by atoms with E-state index < -0.39 is 21.3 Å². The van der Waals surface area contributed by atoms with Gasteiger partial charge in [0.25, 0.3) is 10.0 Å². The van der Waals surface area contributed by atoms with Gasteiger partial charge in [0.1, 0.15) is 5.75 Å². The molecule has 196 valence electrons. The van der Waals surface area contributed by atoms with Crippen molar-refractivity contribution < 1.29 is 22.7 Å². The summed E-state index contributed by atoms with van der Waals surface area (Å²) < 4.78 is 40.8. The molecule has 1 N–H and O–H groups in total. The highest BCUT2D eigenvalue weighted by molar-refractivity contribution is 7.90. The zero-order valence-corrected chi connectivity index (χ0v) is 22.5. The van der Waals surface area contributed by atoms with E-state index in [9.17, 15) is 13.2 Å². The van der Waals surface area contributed by atoms with Crippen molar-refractivity contribution in [3.8, 4) is 11.6 Å². The molecule has 8 nitrogen and oxygen atoms in total. The number of aromatic nitrogens is 2. The molecule has 1 saturated carbocycles. The van der Waals surface area contributed by atoms with Gasteiger partial charge in [0.2, 0.25) is 11.8 Å². The van der Waals surface area contributed by atoms with Crippen molar-refractivity contribution >= 4 is 26.8 Å². The fourth-order valence-electron chi connectivity index (χ4n) is 5.05. The number of aryl methyl sites for hydroxylation is 2. The summed E-state index contributed by atoms with van der Waals surface area (Å²) in [6, 6.07) is 19.3. The third kappa shape index (κ3) is 4.47. The summed E-state index contributed by atoms with van der Waals surface area (Å²) in [4.78, 5) is 23.1. The lowest BCUT2D eigenvalue weighted by Gasteiger charge is -2.21. The number of nitrogens with zero attached hydrogens (tertiary/aromatic N) is 2. The maximum atomic E-state index is 14.1. The van der Waals surface area contributed by atoms with E-state index in [0.717, 1.165) is 11.3 Å². The summed E-state index contributed by atoms with van der Waals surface area (Å²) >= 11 is 0. The predicted molar refractivity (Wildman–Crippen MR) is 144 cm³/mol. The van der Waals surface area contributed by atoms with Gasteiger partial charge in [-0.1, -0.05) is 29.8 Å². The average molecular weight is 532 g/mol. The number of sulfonamides is 1. The van der Waals surface area contributed by atoms with Crippen LogP contribution in [0.1, 0.15) is 41.8 Å². The van der Waals surface area contributed by atoms with E-state index in [1.165, 1.54) is 13.2 Å². The second kappa shape index (κ2) is 9.72. The standard InChI is InChI=1S/C29H29N3O5S/c1-5-37-27-11-7-9-24(31-27)22-17-29(22,21-16-18(2)12-15-25(21)36-4)28(33)32-38(34,35)26-10-6-8-23-20(26)14-13-19(3)30-23/h6-16,22H,5,17H2,1-4H3,(H,32,33)/t22-,29-/m0/s1. The van der Waals surface area contributed by atoms with Crippen LogP contribution < -0.4 is 14.2 Å². The first-order valence-corrected chi connectivity index (χ1v) is 13.9. The van der Waals surface area contributed by atoms with Gasteiger partial charge in [-0.05, 0) is 63.6 Å². The maximum Gasteiger partial charge on any atom is 0.264 e. The number of ether oxygens (including phenoxy) is 2. The number of carbonyl (C=O) groups excluding carboxylic acids is 1. The summed E-state index contributed by atoms with van der Waals surface area (Å²) in [6.45, 7) is 6.08. The minimum atomic E-state index is -4.23. The van der Waals surface area contributed by atoms with E-state index in [1.54, 1.807) is 36.4 Å². The highest BCUT2D eigenvalue weighted by Gasteiger charge is 2.64. The van der Waals surface area contributed by atoms with Gasteiger partial charge in [-0.3, -0.25) is 9.78 Å². The number of hydrogen-bond donors (Lipinski definition) is 1. The highest BCUT2D eigenvalue weighted by atomic mass is 32.2. The molecule has 0 radical (unpaired) electrons. The SMILES string of the molecule is CCOc1cccc([C@@H]2C[C@]2(C(=O)NS(=O)(=O)c2cccc3nc(C)ccc23)c2cc(C)ccc2OC)n1. The first-order chi connectivity index (χ1) is 18.2. The third-order valence-corrected chi connectivity index (χ3v) is 8.33. The number of hydrogen-bond acceptors (Lipinski definition) is 7. The summed E-state index contributed by atoms with van der Waals surface area (Å²) in [6.07, 6.45) is 0.368. The molecule has 0 spiro atoms. The topological polar surface area (TPSA) is 107 Å². The zero-order valence-electron chi connectivity index (χ0n) is 21.7. The summed E-state index contributed by atoms with van der Waals surface area (Å²) in [5.74, 6) is -0.0391. The fourth-order valence-corrected chi connectivity index (χ4v) is 6.30.